The summed E-state index contributed by atoms with van der Waals surface area (Å²) in [5.41, 5.74) is 7.94. The number of aliphatic carboxylic acids is 1. The van der Waals surface area contributed by atoms with Gasteiger partial charge in [-0.05, 0) is 44.7 Å². The van der Waals surface area contributed by atoms with Crippen molar-refractivity contribution in [3.63, 3.8) is 0 Å². The van der Waals surface area contributed by atoms with Crippen LogP contribution in [0, 0.1) is 20.8 Å². The molecule has 0 aromatic heterocycles. The molecule has 0 aliphatic carbocycles. The van der Waals surface area contributed by atoms with Gasteiger partial charge in [0.05, 0.1) is 4.90 Å². The molecule has 1 heterocycles. The fraction of sp³-hybridized carbons (Fsp3) is 0.467. The van der Waals surface area contributed by atoms with Crippen molar-refractivity contribution in [3.8, 4) is 0 Å². The van der Waals surface area contributed by atoms with Gasteiger partial charge < -0.3 is 15.7 Å². The van der Waals surface area contributed by atoms with Crippen LogP contribution in [0.5, 0.6) is 0 Å². The van der Waals surface area contributed by atoms with Crippen LogP contribution in [0.2, 0.25) is 0 Å². The number of aryl methyl sites for hydroxylation is 3. The summed E-state index contributed by atoms with van der Waals surface area (Å²) < 4.78 is 28.8. The molecule has 1 aliphatic rings. The predicted octanol–water partition coefficient (Wildman–Crippen LogP) is 1.16. The maximum atomic E-state index is 12.6. The third kappa shape index (κ3) is 3.47. The van der Waals surface area contributed by atoms with Crippen LogP contribution in [0.4, 0.5) is 0 Å². The van der Waals surface area contributed by atoms with Gasteiger partial charge in [-0.2, -0.15) is 8.42 Å². The lowest BCUT2D eigenvalue weighted by Crippen LogP contribution is -2.44. The molecule has 1 aliphatic heterocycles. The molecule has 8 heteroatoms. The van der Waals surface area contributed by atoms with Gasteiger partial charge >= 0.3 is 5.97 Å². The van der Waals surface area contributed by atoms with Crippen LogP contribution in [0.3, 0.4) is 0 Å². The highest BCUT2D eigenvalue weighted by Gasteiger charge is 2.33. The van der Waals surface area contributed by atoms with Crippen molar-refractivity contribution in [2.75, 3.05) is 6.54 Å². The highest BCUT2D eigenvalue weighted by molar-refractivity contribution is 7.90. The van der Waals surface area contributed by atoms with Gasteiger partial charge in [-0.3, -0.25) is 0 Å². The Labute approximate surface area is 135 Å². The minimum absolute atomic E-state index is 0.122. The van der Waals surface area contributed by atoms with Crippen molar-refractivity contribution in [1.29, 1.82) is 0 Å². The maximum absolute atomic E-state index is 12.6. The van der Waals surface area contributed by atoms with Crippen molar-refractivity contribution in [3.05, 3.63) is 28.8 Å². The highest BCUT2D eigenvalue weighted by Crippen LogP contribution is 2.24. The predicted molar refractivity (Wildman–Crippen MR) is 86.8 cm³/mol. The molecule has 1 saturated heterocycles. The summed E-state index contributed by atoms with van der Waals surface area (Å²) in [5.74, 6) is -1.30. The smallest absolute Gasteiger partial charge is 0.326 e. The van der Waals surface area contributed by atoms with Gasteiger partial charge in [-0.25, -0.2) is 4.79 Å². The third-order valence-electron chi connectivity index (χ3n) is 3.91. The molecule has 2 rings (SSSR count). The van der Waals surface area contributed by atoms with E-state index in [9.17, 15) is 13.2 Å². The average molecular weight is 339 g/mol. The van der Waals surface area contributed by atoms with Crippen molar-refractivity contribution in [2.45, 2.75) is 44.6 Å². The summed E-state index contributed by atoms with van der Waals surface area (Å²) >= 11 is 0. The number of likely N-dealkylation sites (tertiary alicyclic amines) is 1. The number of carboxylic acid groups (broad SMARTS) is 1. The number of carbonyl (C=O) groups is 1. The Balaban J connectivity index is 2.43. The Bertz CT molecular complexity index is 748. The number of benzene rings is 1. The molecule has 0 amide bonds. The molecular formula is C15H21N3O4S. The lowest BCUT2D eigenvalue weighted by Gasteiger charge is -2.22. The van der Waals surface area contributed by atoms with Crippen molar-refractivity contribution >= 4 is 22.0 Å². The average Bonchev–Trinajstić information content (AvgIpc) is 2.85. The molecule has 1 aromatic rings. The van der Waals surface area contributed by atoms with Crippen LogP contribution in [-0.2, 0) is 14.8 Å². The van der Waals surface area contributed by atoms with E-state index in [1.165, 1.54) is 4.90 Å². The molecule has 23 heavy (non-hydrogen) atoms. The van der Waals surface area contributed by atoms with Crippen LogP contribution in [0.25, 0.3) is 0 Å². The van der Waals surface area contributed by atoms with Crippen molar-refractivity contribution in [1.82, 2.24) is 4.90 Å². The van der Waals surface area contributed by atoms with Gasteiger partial charge in [-0.15, -0.1) is 4.40 Å². The monoisotopic (exact) mass is 339 g/mol. The zero-order chi connectivity index (χ0) is 17.4. The molecule has 1 atom stereocenters. The molecule has 0 saturated carbocycles. The number of sulfonamides is 1. The van der Waals surface area contributed by atoms with E-state index in [0.717, 1.165) is 5.56 Å². The van der Waals surface area contributed by atoms with E-state index in [-0.39, 0.29) is 10.9 Å². The zero-order valence-corrected chi connectivity index (χ0v) is 14.2. The molecule has 1 aromatic carbocycles. The first-order valence-electron chi connectivity index (χ1n) is 7.31. The first-order chi connectivity index (χ1) is 10.6. The lowest BCUT2D eigenvalue weighted by atomic mass is 10.1. The van der Waals surface area contributed by atoms with Crippen LogP contribution < -0.4 is 5.73 Å². The van der Waals surface area contributed by atoms with Gasteiger partial charge in [0.25, 0.3) is 10.0 Å². The van der Waals surface area contributed by atoms with Gasteiger partial charge in [0.15, 0.2) is 0 Å². The summed E-state index contributed by atoms with van der Waals surface area (Å²) in [6.07, 6.45) is 1.06. The summed E-state index contributed by atoms with van der Waals surface area (Å²) in [6.45, 7) is 5.67. The molecule has 0 radical (unpaired) electrons. The zero-order valence-electron chi connectivity index (χ0n) is 13.4. The highest BCUT2D eigenvalue weighted by atomic mass is 32.2. The Hall–Kier alpha value is -2.09. The Morgan fingerprint density at radius 2 is 1.87 bits per heavy atom. The van der Waals surface area contributed by atoms with Gasteiger partial charge in [0.1, 0.15) is 6.04 Å². The van der Waals surface area contributed by atoms with Gasteiger partial charge in [-0.1, -0.05) is 17.7 Å². The number of hydrogen-bond donors (Lipinski definition) is 2. The van der Waals surface area contributed by atoms with E-state index in [2.05, 4.69) is 4.40 Å². The number of rotatable bonds is 3. The lowest BCUT2D eigenvalue weighted by molar-refractivity contribution is -0.140. The van der Waals surface area contributed by atoms with E-state index in [0.29, 0.717) is 30.5 Å². The Kier molecular flexibility index (Phi) is 4.65. The molecule has 3 N–H and O–H groups in total. The standard InChI is InChI=1S/C15H21N3O4S/c1-9-7-10(2)13(11(3)8-9)23(21,22)17-15(16)18-6-4-5-12(18)14(19)20/h7-8,12H,4-6H2,1-3H3,(H2,16,17)(H,19,20)/t12-/m0/s1. The second kappa shape index (κ2) is 6.19. The molecule has 0 unspecified atom stereocenters. The second-order valence-electron chi connectivity index (χ2n) is 5.84. The van der Waals surface area contributed by atoms with Crippen molar-refractivity contribution < 1.29 is 18.3 Å². The summed E-state index contributed by atoms with van der Waals surface area (Å²) in [4.78, 5) is 12.7. The molecule has 0 bridgehead atoms. The SMILES string of the molecule is Cc1cc(C)c(S(=O)(=O)/N=C(/N)N2CCC[C@H]2C(=O)O)c(C)c1. The quantitative estimate of drug-likeness (QED) is 0.631. The normalized spacial score (nSPS) is 19.2. The van der Waals surface area contributed by atoms with E-state index < -0.39 is 22.0 Å². The van der Waals surface area contributed by atoms with Crippen LogP contribution in [0.1, 0.15) is 29.5 Å². The van der Waals surface area contributed by atoms with Gasteiger partial charge in [0, 0.05) is 6.54 Å². The van der Waals surface area contributed by atoms with E-state index in [1.54, 1.807) is 26.0 Å². The summed E-state index contributed by atoms with van der Waals surface area (Å²) in [5, 5.41) is 9.16. The topological polar surface area (TPSA) is 113 Å². The van der Waals surface area contributed by atoms with Crippen LogP contribution >= 0.6 is 0 Å². The van der Waals surface area contributed by atoms with Crippen molar-refractivity contribution in [2.24, 2.45) is 10.1 Å². The van der Waals surface area contributed by atoms with Crippen LogP contribution in [-0.4, -0.2) is 42.9 Å². The minimum Gasteiger partial charge on any atom is -0.480 e. The van der Waals surface area contributed by atoms with Crippen LogP contribution in [0.15, 0.2) is 21.4 Å². The third-order valence-corrected chi connectivity index (χ3v) is 5.50. The second-order valence-corrected chi connectivity index (χ2v) is 7.38. The molecule has 126 valence electrons. The Morgan fingerprint density at radius 3 is 2.39 bits per heavy atom. The maximum Gasteiger partial charge on any atom is 0.326 e. The number of carboxylic acids is 1. The number of nitrogens with zero attached hydrogens (tertiary/aromatic N) is 2. The van der Waals surface area contributed by atoms with E-state index in [1.807, 2.05) is 6.92 Å². The largest absolute Gasteiger partial charge is 0.480 e. The fourth-order valence-electron chi connectivity index (χ4n) is 3.09. The first kappa shape index (κ1) is 17.3. The Morgan fingerprint density at radius 1 is 1.30 bits per heavy atom. The van der Waals surface area contributed by atoms with E-state index in [4.69, 9.17) is 10.8 Å². The number of guanidine groups is 1. The molecule has 1 fully saturated rings. The summed E-state index contributed by atoms with van der Waals surface area (Å²) in [6, 6.07) is 2.71. The number of hydrogen-bond acceptors (Lipinski definition) is 3. The number of nitrogens with two attached hydrogens (primary N) is 1. The molecule has 0 spiro atoms. The molecule has 7 nitrogen and oxygen atoms in total. The summed E-state index contributed by atoms with van der Waals surface area (Å²) in [7, 11) is -4.00. The molecular weight excluding hydrogens is 318 g/mol. The first-order valence-corrected chi connectivity index (χ1v) is 8.75. The fourth-order valence-corrected chi connectivity index (χ4v) is 4.47. The van der Waals surface area contributed by atoms with Gasteiger partial charge in [0.2, 0.25) is 5.96 Å². The van der Waals surface area contributed by atoms with E-state index >= 15 is 0 Å². The minimum atomic E-state index is -4.00.